The van der Waals surface area contributed by atoms with Crippen LogP contribution in [-0.4, -0.2) is 23.2 Å². The molecule has 0 bridgehead atoms. The van der Waals surface area contributed by atoms with Crippen molar-refractivity contribution < 1.29 is 9.47 Å². The molecule has 0 radical (unpaired) electrons. The van der Waals surface area contributed by atoms with Gasteiger partial charge in [-0.1, -0.05) is 30.3 Å². The summed E-state index contributed by atoms with van der Waals surface area (Å²) in [5.41, 5.74) is 2.27. The van der Waals surface area contributed by atoms with E-state index in [1.54, 1.807) is 13.3 Å². The summed E-state index contributed by atoms with van der Waals surface area (Å²) in [5, 5.41) is 3.47. The highest BCUT2D eigenvalue weighted by Gasteiger charge is 2.12. The van der Waals surface area contributed by atoms with E-state index < -0.39 is 0 Å². The molecule has 5 nitrogen and oxygen atoms in total. The lowest BCUT2D eigenvalue weighted by Gasteiger charge is -2.15. The van der Waals surface area contributed by atoms with Crippen molar-refractivity contribution in [3.63, 3.8) is 0 Å². The van der Waals surface area contributed by atoms with Crippen LogP contribution in [0.25, 0.3) is 0 Å². The molecule has 3 aromatic rings. The molecular weight excluding hydrogens is 406 g/mol. The third-order valence-corrected chi connectivity index (χ3v) is 4.76. The summed E-state index contributed by atoms with van der Waals surface area (Å²) in [7, 11) is 1.67. The molecule has 27 heavy (non-hydrogen) atoms. The van der Waals surface area contributed by atoms with Crippen molar-refractivity contribution in [1.29, 1.82) is 0 Å². The summed E-state index contributed by atoms with van der Waals surface area (Å²) in [6.45, 7) is 3.18. The number of ether oxygens (including phenoxy) is 2. The zero-order valence-corrected chi connectivity index (χ0v) is 17.0. The summed E-state index contributed by atoms with van der Waals surface area (Å²) < 4.78 is 14.5. The fourth-order valence-electron chi connectivity index (χ4n) is 2.78. The van der Waals surface area contributed by atoms with Gasteiger partial charge in [-0.3, -0.25) is 0 Å². The summed E-state index contributed by atoms with van der Waals surface area (Å²) in [6, 6.07) is 14.2. The number of rotatable bonds is 10. The van der Waals surface area contributed by atoms with E-state index in [0.29, 0.717) is 6.61 Å². The zero-order chi connectivity index (χ0) is 18.9. The van der Waals surface area contributed by atoms with Gasteiger partial charge in [0.15, 0.2) is 11.5 Å². The highest BCUT2D eigenvalue weighted by Crippen LogP contribution is 2.37. The van der Waals surface area contributed by atoms with Crippen molar-refractivity contribution in [3.05, 3.63) is 76.8 Å². The molecule has 0 unspecified atom stereocenters. The SMILES string of the molecule is COc1cc(CNCCCn2ccnc2)cc(Br)c1OCc1ccccc1. The standard InChI is InChI=1S/C21H24BrN3O2/c1-26-20-13-18(14-23-8-5-10-25-11-9-24-16-25)12-19(22)21(20)27-15-17-6-3-2-4-7-17/h2-4,6-7,9,11-13,16,23H,5,8,10,14-15H2,1H3. The molecule has 0 saturated carbocycles. The molecule has 1 N–H and O–H groups in total. The maximum Gasteiger partial charge on any atom is 0.175 e. The molecular formula is C21H24BrN3O2. The Hall–Kier alpha value is -2.31. The van der Waals surface area contributed by atoms with Crippen LogP contribution in [0.4, 0.5) is 0 Å². The minimum atomic E-state index is 0.502. The molecule has 1 heterocycles. The van der Waals surface area contributed by atoms with Crippen LogP contribution >= 0.6 is 15.9 Å². The molecule has 3 rings (SSSR count). The first kappa shape index (κ1) is 19.5. The maximum atomic E-state index is 5.98. The number of aryl methyl sites for hydroxylation is 1. The van der Waals surface area contributed by atoms with Crippen molar-refractivity contribution in [2.75, 3.05) is 13.7 Å². The van der Waals surface area contributed by atoms with Crippen molar-refractivity contribution in [1.82, 2.24) is 14.9 Å². The molecule has 6 heteroatoms. The van der Waals surface area contributed by atoms with Gasteiger partial charge in [0.2, 0.25) is 0 Å². The van der Waals surface area contributed by atoms with Crippen LogP contribution in [0.5, 0.6) is 11.5 Å². The van der Waals surface area contributed by atoms with E-state index in [2.05, 4.69) is 36.9 Å². The van der Waals surface area contributed by atoms with Gasteiger partial charge < -0.3 is 19.4 Å². The largest absolute Gasteiger partial charge is 0.493 e. The van der Waals surface area contributed by atoms with Crippen molar-refractivity contribution in [3.8, 4) is 11.5 Å². The Kier molecular flexibility index (Phi) is 7.30. The smallest absolute Gasteiger partial charge is 0.175 e. The lowest BCUT2D eigenvalue weighted by molar-refractivity contribution is 0.282. The van der Waals surface area contributed by atoms with Gasteiger partial charge in [-0.05, 0) is 52.2 Å². The normalized spacial score (nSPS) is 10.7. The first-order valence-electron chi connectivity index (χ1n) is 8.96. The van der Waals surface area contributed by atoms with Crippen LogP contribution in [0.2, 0.25) is 0 Å². The Bertz CT molecular complexity index is 823. The molecule has 0 aliphatic carbocycles. The van der Waals surface area contributed by atoms with Crippen molar-refractivity contribution in [2.24, 2.45) is 0 Å². The van der Waals surface area contributed by atoms with Crippen LogP contribution in [0.15, 0.2) is 65.7 Å². The third kappa shape index (κ3) is 5.84. The minimum Gasteiger partial charge on any atom is -0.493 e. The Morgan fingerprint density at radius 2 is 2.00 bits per heavy atom. The average molecular weight is 430 g/mol. The summed E-state index contributed by atoms with van der Waals surface area (Å²) >= 11 is 3.62. The number of hydrogen-bond donors (Lipinski definition) is 1. The number of hydrogen-bond acceptors (Lipinski definition) is 4. The summed E-state index contributed by atoms with van der Waals surface area (Å²) in [6.07, 6.45) is 6.68. The van der Waals surface area contributed by atoms with E-state index in [1.807, 2.05) is 48.9 Å². The maximum absolute atomic E-state index is 5.98. The Balaban J connectivity index is 1.53. The van der Waals surface area contributed by atoms with Crippen molar-refractivity contribution >= 4 is 15.9 Å². The van der Waals surface area contributed by atoms with E-state index in [9.17, 15) is 0 Å². The van der Waals surface area contributed by atoms with Crippen LogP contribution in [0.1, 0.15) is 17.5 Å². The van der Waals surface area contributed by atoms with Crippen LogP contribution in [0, 0.1) is 0 Å². The molecule has 1 aromatic heterocycles. The molecule has 0 amide bonds. The Labute approximate surface area is 168 Å². The predicted octanol–water partition coefficient (Wildman–Crippen LogP) is 4.41. The Morgan fingerprint density at radius 1 is 1.15 bits per heavy atom. The lowest BCUT2D eigenvalue weighted by atomic mass is 10.2. The number of methoxy groups -OCH3 is 1. The lowest BCUT2D eigenvalue weighted by Crippen LogP contribution is -2.16. The van der Waals surface area contributed by atoms with Gasteiger partial charge in [0.05, 0.1) is 17.9 Å². The second kappa shape index (κ2) is 10.1. The molecule has 0 atom stereocenters. The number of nitrogens with one attached hydrogen (secondary N) is 1. The van der Waals surface area contributed by atoms with Crippen LogP contribution in [0.3, 0.4) is 0 Å². The number of nitrogens with zero attached hydrogens (tertiary/aromatic N) is 2. The Morgan fingerprint density at radius 3 is 2.74 bits per heavy atom. The fraction of sp³-hybridized carbons (Fsp3) is 0.286. The van der Waals surface area contributed by atoms with E-state index in [1.165, 1.54) is 0 Å². The average Bonchev–Trinajstić information content (AvgIpc) is 3.21. The quantitative estimate of drug-likeness (QED) is 0.484. The molecule has 0 aliphatic rings. The monoisotopic (exact) mass is 429 g/mol. The minimum absolute atomic E-state index is 0.502. The van der Waals surface area contributed by atoms with Gasteiger partial charge in [-0.2, -0.15) is 0 Å². The first-order chi connectivity index (χ1) is 13.3. The second-order valence-electron chi connectivity index (χ2n) is 6.21. The highest BCUT2D eigenvalue weighted by molar-refractivity contribution is 9.10. The van der Waals surface area contributed by atoms with E-state index in [0.717, 1.165) is 53.2 Å². The molecule has 2 aromatic carbocycles. The van der Waals surface area contributed by atoms with Crippen molar-refractivity contribution in [2.45, 2.75) is 26.1 Å². The topological polar surface area (TPSA) is 48.3 Å². The molecule has 0 spiro atoms. The zero-order valence-electron chi connectivity index (χ0n) is 15.4. The second-order valence-corrected chi connectivity index (χ2v) is 7.07. The van der Waals surface area contributed by atoms with Gasteiger partial charge in [0.1, 0.15) is 6.61 Å². The molecule has 142 valence electrons. The summed E-state index contributed by atoms with van der Waals surface area (Å²) in [4.78, 5) is 4.05. The van der Waals surface area contributed by atoms with E-state index in [4.69, 9.17) is 9.47 Å². The number of halogens is 1. The number of imidazole rings is 1. The van der Waals surface area contributed by atoms with Crippen LogP contribution in [-0.2, 0) is 19.7 Å². The van der Waals surface area contributed by atoms with Gasteiger partial charge in [0, 0.05) is 25.5 Å². The number of benzene rings is 2. The van der Waals surface area contributed by atoms with E-state index >= 15 is 0 Å². The molecule has 0 fully saturated rings. The predicted molar refractivity (Wildman–Crippen MR) is 110 cm³/mol. The van der Waals surface area contributed by atoms with E-state index in [-0.39, 0.29) is 0 Å². The van der Waals surface area contributed by atoms with Crippen LogP contribution < -0.4 is 14.8 Å². The highest BCUT2D eigenvalue weighted by atomic mass is 79.9. The fourth-order valence-corrected chi connectivity index (χ4v) is 3.39. The molecule has 0 saturated heterocycles. The first-order valence-corrected chi connectivity index (χ1v) is 9.75. The molecule has 0 aliphatic heterocycles. The van der Waals surface area contributed by atoms with Gasteiger partial charge >= 0.3 is 0 Å². The number of aromatic nitrogens is 2. The summed E-state index contributed by atoms with van der Waals surface area (Å²) in [5.74, 6) is 1.46. The van der Waals surface area contributed by atoms with Gasteiger partial charge in [-0.25, -0.2) is 4.98 Å². The van der Waals surface area contributed by atoms with Gasteiger partial charge in [-0.15, -0.1) is 0 Å². The third-order valence-electron chi connectivity index (χ3n) is 4.17. The van der Waals surface area contributed by atoms with Gasteiger partial charge in [0.25, 0.3) is 0 Å².